The molecule has 0 fully saturated rings. The lowest BCUT2D eigenvalue weighted by Crippen LogP contribution is -2.12. The fourth-order valence-corrected chi connectivity index (χ4v) is 3.66. The molecule has 4 nitrogen and oxygen atoms in total. The van der Waals surface area contributed by atoms with Gasteiger partial charge in [0.1, 0.15) is 5.69 Å². The van der Waals surface area contributed by atoms with Crippen molar-refractivity contribution in [1.82, 2.24) is 4.98 Å². The number of benzene rings is 2. The summed E-state index contributed by atoms with van der Waals surface area (Å²) in [6, 6.07) is 10.5. The summed E-state index contributed by atoms with van der Waals surface area (Å²) >= 11 is 13.4. The average Bonchev–Trinajstić information content (AvgIpc) is 2.81. The first-order valence-electron chi connectivity index (χ1n) is 6.29. The quantitative estimate of drug-likeness (QED) is 0.614. The number of H-pyrrole nitrogens is 1. The third-order valence-corrected chi connectivity index (χ3v) is 4.82. The Labute approximate surface area is 140 Å². The monoisotopic (exact) mass is 351 g/mol. The van der Waals surface area contributed by atoms with Crippen LogP contribution in [0.1, 0.15) is 10.5 Å². The summed E-state index contributed by atoms with van der Waals surface area (Å²) < 4.78 is 0. The Hall–Kier alpha value is -1.82. The van der Waals surface area contributed by atoms with E-state index in [1.54, 1.807) is 36.4 Å². The van der Waals surface area contributed by atoms with Gasteiger partial charge in [0.15, 0.2) is 0 Å². The number of aromatic amines is 1. The molecule has 3 rings (SSSR count). The van der Waals surface area contributed by atoms with Crippen molar-refractivity contribution in [3.8, 4) is 0 Å². The van der Waals surface area contributed by atoms with E-state index >= 15 is 0 Å². The predicted octanol–water partition coefficient (Wildman–Crippen LogP) is 4.31. The largest absolute Gasteiger partial charge is 0.398 e. The zero-order valence-corrected chi connectivity index (χ0v) is 13.5. The number of nitrogens with one attached hydrogen (secondary N) is 1. The molecule has 0 saturated heterocycles. The maximum atomic E-state index is 11.7. The molecule has 0 aliphatic heterocycles. The second-order valence-electron chi connectivity index (χ2n) is 4.67. The first-order valence-corrected chi connectivity index (χ1v) is 7.87. The van der Waals surface area contributed by atoms with Gasteiger partial charge < -0.3 is 16.5 Å². The smallest absolute Gasteiger partial charge is 0.266 e. The van der Waals surface area contributed by atoms with Crippen molar-refractivity contribution in [2.75, 3.05) is 5.73 Å². The SMILES string of the molecule is NC(=O)c1[nH]c2ccc(Cl)cc2c1Sc1cc(Cl)ccc1N. The molecule has 0 saturated carbocycles. The van der Waals surface area contributed by atoms with Gasteiger partial charge in [0.25, 0.3) is 5.91 Å². The molecule has 0 bridgehead atoms. The fraction of sp³-hybridized carbons (Fsp3) is 0. The normalized spacial score (nSPS) is 11.0. The van der Waals surface area contributed by atoms with Crippen LogP contribution in [0.2, 0.25) is 10.0 Å². The van der Waals surface area contributed by atoms with Gasteiger partial charge in [-0.05, 0) is 36.4 Å². The zero-order valence-electron chi connectivity index (χ0n) is 11.2. The number of carbonyl (C=O) groups excluding carboxylic acids is 1. The minimum Gasteiger partial charge on any atom is -0.398 e. The molecular formula is C15H11Cl2N3OS. The molecule has 112 valence electrons. The van der Waals surface area contributed by atoms with Crippen molar-refractivity contribution < 1.29 is 4.79 Å². The highest BCUT2D eigenvalue weighted by Crippen LogP contribution is 2.40. The van der Waals surface area contributed by atoms with Crippen LogP contribution in [-0.2, 0) is 0 Å². The Morgan fingerprint density at radius 1 is 1.09 bits per heavy atom. The Kier molecular flexibility index (Phi) is 3.95. The third-order valence-electron chi connectivity index (χ3n) is 3.15. The van der Waals surface area contributed by atoms with Crippen LogP contribution in [0.25, 0.3) is 10.9 Å². The molecule has 1 aromatic heterocycles. The molecule has 1 amide bonds. The summed E-state index contributed by atoms with van der Waals surface area (Å²) in [4.78, 5) is 16.1. The second kappa shape index (κ2) is 5.76. The van der Waals surface area contributed by atoms with Gasteiger partial charge in [0, 0.05) is 31.5 Å². The number of rotatable bonds is 3. The van der Waals surface area contributed by atoms with Crippen molar-refractivity contribution in [1.29, 1.82) is 0 Å². The van der Waals surface area contributed by atoms with Gasteiger partial charge in [0.05, 0.1) is 4.90 Å². The lowest BCUT2D eigenvalue weighted by atomic mass is 10.2. The predicted molar refractivity (Wildman–Crippen MR) is 91.8 cm³/mol. The summed E-state index contributed by atoms with van der Waals surface area (Å²) in [5.74, 6) is -0.546. The third kappa shape index (κ3) is 2.75. The van der Waals surface area contributed by atoms with Crippen LogP contribution >= 0.6 is 35.0 Å². The van der Waals surface area contributed by atoms with Crippen LogP contribution in [-0.4, -0.2) is 10.9 Å². The first kappa shape index (κ1) is 15.1. The van der Waals surface area contributed by atoms with Crippen LogP contribution in [0.3, 0.4) is 0 Å². The van der Waals surface area contributed by atoms with Gasteiger partial charge in [-0.3, -0.25) is 4.79 Å². The van der Waals surface area contributed by atoms with Gasteiger partial charge in [-0.15, -0.1) is 0 Å². The standard InChI is InChI=1S/C15H11Cl2N3OS/c16-7-2-4-11-9(5-7)14(13(20-11)15(19)21)22-12-6-8(17)1-3-10(12)18/h1-6,20H,18H2,(H2,19,21). The molecule has 3 aromatic rings. The van der Waals surface area contributed by atoms with Gasteiger partial charge in [-0.2, -0.15) is 0 Å². The number of fused-ring (bicyclic) bond motifs is 1. The summed E-state index contributed by atoms with van der Waals surface area (Å²) in [5.41, 5.74) is 13.1. The maximum Gasteiger partial charge on any atom is 0.266 e. The highest BCUT2D eigenvalue weighted by Gasteiger charge is 2.18. The van der Waals surface area contributed by atoms with E-state index in [-0.39, 0.29) is 0 Å². The van der Waals surface area contributed by atoms with E-state index in [0.717, 1.165) is 15.8 Å². The van der Waals surface area contributed by atoms with Crippen molar-refractivity contribution in [3.05, 3.63) is 52.1 Å². The minimum atomic E-state index is -0.546. The second-order valence-corrected chi connectivity index (χ2v) is 6.59. The number of primary amides is 1. The van der Waals surface area contributed by atoms with Gasteiger partial charge >= 0.3 is 0 Å². The fourth-order valence-electron chi connectivity index (χ4n) is 2.13. The number of hydrogen-bond acceptors (Lipinski definition) is 3. The number of halogens is 2. The van der Waals surface area contributed by atoms with E-state index in [0.29, 0.717) is 26.3 Å². The molecule has 1 heterocycles. The van der Waals surface area contributed by atoms with E-state index in [9.17, 15) is 4.79 Å². The summed E-state index contributed by atoms with van der Waals surface area (Å²) in [6.45, 7) is 0. The molecule has 0 aliphatic rings. The van der Waals surface area contributed by atoms with Gasteiger partial charge in [-0.1, -0.05) is 35.0 Å². The van der Waals surface area contributed by atoms with E-state index in [4.69, 9.17) is 34.7 Å². The maximum absolute atomic E-state index is 11.7. The molecule has 0 radical (unpaired) electrons. The Bertz CT molecular complexity index is 892. The van der Waals surface area contributed by atoms with Crippen molar-refractivity contribution in [3.63, 3.8) is 0 Å². The highest BCUT2D eigenvalue weighted by molar-refractivity contribution is 7.99. The number of nitrogens with two attached hydrogens (primary N) is 2. The minimum absolute atomic E-state index is 0.321. The number of hydrogen-bond donors (Lipinski definition) is 3. The van der Waals surface area contributed by atoms with E-state index in [1.807, 2.05) is 0 Å². The topological polar surface area (TPSA) is 84.9 Å². The van der Waals surface area contributed by atoms with Crippen LogP contribution < -0.4 is 11.5 Å². The first-order chi connectivity index (χ1) is 10.5. The lowest BCUT2D eigenvalue weighted by molar-refractivity contribution is 0.0993. The summed E-state index contributed by atoms with van der Waals surface area (Å²) in [6.07, 6.45) is 0. The van der Waals surface area contributed by atoms with E-state index < -0.39 is 5.91 Å². The van der Waals surface area contributed by atoms with Crippen molar-refractivity contribution >= 4 is 57.5 Å². The molecule has 0 atom stereocenters. The van der Waals surface area contributed by atoms with Crippen LogP contribution in [0.4, 0.5) is 5.69 Å². The lowest BCUT2D eigenvalue weighted by Gasteiger charge is -2.06. The Morgan fingerprint density at radius 3 is 2.50 bits per heavy atom. The van der Waals surface area contributed by atoms with Gasteiger partial charge in [-0.25, -0.2) is 0 Å². The number of aromatic nitrogens is 1. The van der Waals surface area contributed by atoms with Gasteiger partial charge in [0.2, 0.25) is 0 Å². The van der Waals surface area contributed by atoms with Crippen molar-refractivity contribution in [2.24, 2.45) is 5.73 Å². The van der Waals surface area contributed by atoms with E-state index in [1.165, 1.54) is 11.8 Å². The number of anilines is 1. The molecule has 22 heavy (non-hydrogen) atoms. The summed E-state index contributed by atoms with van der Waals surface area (Å²) in [7, 11) is 0. The average molecular weight is 352 g/mol. The van der Waals surface area contributed by atoms with Crippen molar-refractivity contribution in [2.45, 2.75) is 9.79 Å². The van der Waals surface area contributed by atoms with Crippen LogP contribution in [0.5, 0.6) is 0 Å². The van der Waals surface area contributed by atoms with Crippen LogP contribution in [0, 0.1) is 0 Å². The van der Waals surface area contributed by atoms with E-state index in [2.05, 4.69) is 4.98 Å². The Morgan fingerprint density at radius 2 is 1.77 bits per heavy atom. The van der Waals surface area contributed by atoms with Crippen LogP contribution in [0.15, 0.2) is 46.2 Å². The summed E-state index contributed by atoms with van der Waals surface area (Å²) in [5, 5.41) is 1.95. The zero-order chi connectivity index (χ0) is 15.9. The molecular weight excluding hydrogens is 341 g/mol. The molecule has 0 unspecified atom stereocenters. The molecule has 5 N–H and O–H groups in total. The molecule has 0 spiro atoms. The number of carbonyl (C=O) groups is 1. The molecule has 0 aliphatic carbocycles. The molecule has 7 heteroatoms. The highest BCUT2D eigenvalue weighted by atomic mass is 35.5. The number of amides is 1. The number of nitrogen functional groups attached to an aromatic ring is 1. The molecule has 2 aromatic carbocycles. The Balaban J connectivity index is 2.20.